The molecule has 0 saturated heterocycles. The zero-order chi connectivity index (χ0) is 14.1. The average Bonchev–Trinajstić information content (AvgIpc) is 3.03. The Morgan fingerprint density at radius 2 is 2.15 bits per heavy atom. The summed E-state index contributed by atoms with van der Waals surface area (Å²) >= 11 is 0. The van der Waals surface area contributed by atoms with E-state index in [0.717, 1.165) is 30.1 Å². The topological polar surface area (TPSA) is 67.2 Å². The molecule has 1 amide bonds. The highest BCUT2D eigenvalue weighted by Crippen LogP contribution is 2.17. The van der Waals surface area contributed by atoms with E-state index >= 15 is 0 Å². The van der Waals surface area contributed by atoms with Crippen LogP contribution in [0, 0.1) is 13.8 Å². The highest BCUT2D eigenvalue weighted by Gasteiger charge is 2.15. The third-order valence-corrected chi connectivity index (χ3v) is 3.71. The van der Waals surface area contributed by atoms with E-state index < -0.39 is 0 Å². The van der Waals surface area contributed by atoms with Crippen LogP contribution in [-0.2, 0) is 19.6 Å². The monoisotopic (exact) mass is 271 g/mol. The van der Waals surface area contributed by atoms with Gasteiger partial charge in [0.1, 0.15) is 5.76 Å². The third kappa shape index (κ3) is 2.32. The summed E-state index contributed by atoms with van der Waals surface area (Å²) in [5, 5.41) is 10.1. The van der Waals surface area contributed by atoms with E-state index in [1.54, 1.807) is 0 Å². The van der Waals surface area contributed by atoms with Crippen molar-refractivity contribution in [1.82, 2.24) is 15.8 Å². The number of amides is 1. The minimum atomic E-state index is -0.0697. The molecule has 0 bridgehead atoms. The number of aryl methyl sites for hydroxylation is 2. The summed E-state index contributed by atoms with van der Waals surface area (Å²) < 4.78 is 5.08. The lowest BCUT2D eigenvalue weighted by Crippen LogP contribution is -2.23. The highest BCUT2D eigenvalue weighted by molar-refractivity contribution is 5.94. The molecule has 0 fully saturated rings. The first-order valence-corrected chi connectivity index (χ1v) is 6.67. The highest BCUT2D eigenvalue weighted by atomic mass is 16.5. The van der Waals surface area contributed by atoms with Gasteiger partial charge in [0.25, 0.3) is 5.91 Å². The standard InChI is InChI=1S/C15H17N3O2/c1-9-14(10(2)20-18-9)8-17-15(19)11-3-4-12-6-16-7-13(12)5-11/h3-5,16H,6-8H2,1-2H3,(H,17,19). The Labute approximate surface area is 117 Å². The predicted molar refractivity (Wildman–Crippen MR) is 74.1 cm³/mol. The molecule has 0 radical (unpaired) electrons. The van der Waals surface area contributed by atoms with Gasteiger partial charge < -0.3 is 15.2 Å². The molecule has 2 aromatic rings. The van der Waals surface area contributed by atoms with Crippen LogP contribution in [0.15, 0.2) is 22.7 Å². The SMILES string of the molecule is Cc1noc(C)c1CNC(=O)c1ccc2c(c1)CNC2. The van der Waals surface area contributed by atoms with E-state index in [0.29, 0.717) is 12.1 Å². The van der Waals surface area contributed by atoms with Crippen LogP contribution in [0.1, 0.15) is 38.5 Å². The lowest BCUT2D eigenvalue weighted by atomic mass is 10.1. The predicted octanol–water partition coefficient (Wildman–Crippen LogP) is 1.82. The lowest BCUT2D eigenvalue weighted by Gasteiger charge is -2.06. The summed E-state index contributed by atoms with van der Waals surface area (Å²) in [5.41, 5.74) is 4.93. The van der Waals surface area contributed by atoms with Crippen molar-refractivity contribution in [2.75, 3.05) is 0 Å². The summed E-state index contributed by atoms with van der Waals surface area (Å²) in [6, 6.07) is 5.84. The van der Waals surface area contributed by atoms with Crippen LogP contribution in [0.4, 0.5) is 0 Å². The molecule has 3 rings (SSSR count). The van der Waals surface area contributed by atoms with E-state index in [4.69, 9.17) is 4.52 Å². The minimum Gasteiger partial charge on any atom is -0.361 e. The maximum Gasteiger partial charge on any atom is 0.251 e. The van der Waals surface area contributed by atoms with Crippen LogP contribution in [-0.4, -0.2) is 11.1 Å². The molecule has 20 heavy (non-hydrogen) atoms. The summed E-state index contributed by atoms with van der Waals surface area (Å²) in [4.78, 5) is 12.2. The van der Waals surface area contributed by atoms with E-state index in [-0.39, 0.29) is 5.91 Å². The molecule has 1 aliphatic rings. The maximum absolute atomic E-state index is 12.2. The molecule has 5 heteroatoms. The van der Waals surface area contributed by atoms with Gasteiger partial charge in [0.05, 0.1) is 5.69 Å². The lowest BCUT2D eigenvalue weighted by molar-refractivity contribution is 0.0950. The fourth-order valence-corrected chi connectivity index (χ4v) is 2.46. The summed E-state index contributed by atoms with van der Waals surface area (Å²) in [7, 11) is 0. The van der Waals surface area contributed by atoms with Crippen molar-refractivity contribution < 1.29 is 9.32 Å². The van der Waals surface area contributed by atoms with Crippen molar-refractivity contribution in [1.29, 1.82) is 0 Å². The second kappa shape index (κ2) is 5.09. The number of benzene rings is 1. The van der Waals surface area contributed by atoms with Crippen molar-refractivity contribution in [3.8, 4) is 0 Å². The van der Waals surface area contributed by atoms with Crippen molar-refractivity contribution in [3.63, 3.8) is 0 Å². The van der Waals surface area contributed by atoms with Crippen molar-refractivity contribution in [2.24, 2.45) is 0 Å². The fourth-order valence-electron chi connectivity index (χ4n) is 2.46. The number of carbonyl (C=O) groups excluding carboxylic acids is 1. The van der Waals surface area contributed by atoms with Gasteiger partial charge in [-0.2, -0.15) is 0 Å². The van der Waals surface area contributed by atoms with Gasteiger partial charge in [0.15, 0.2) is 0 Å². The van der Waals surface area contributed by atoms with E-state index in [1.807, 2.05) is 32.0 Å². The molecule has 2 N–H and O–H groups in total. The Kier molecular flexibility index (Phi) is 3.28. The van der Waals surface area contributed by atoms with Gasteiger partial charge in [-0.05, 0) is 37.1 Å². The Bertz CT molecular complexity index is 642. The van der Waals surface area contributed by atoms with Crippen LogP contribution >= 0.6 is 0 Å². The van der Waals surface area contributed by atoms with Gasteiger partial charge in [0.2, 0.25) is 0 Å². The number of nitrogens with one attached hydrogen (secondary N) is 2. The van der Waals surface area contributed by atoms with Crippen LogP contribution in [0.3, 0.4) is 0 Å². The molecule has 104 valence electrons. The first-order chi connectivity index (χ1) is 9.65. The molecule has 0 spiro atoms. The Balaban J connectivity index is 1.71. The normalized spacial score (nSPS) is 13.3. The molecule has 0 atom stereocenters. The van der Waals surface area contributed by atoms with Crippen molar-refractivity contribution in [2.45, 2.75) is 33.5 Å². The third-order valence-electron chi connectivity index (χ3n) is 3.71. The smallest absolute Gasteiger partial charge is 0.251 e. The Hall–Kier alpha value is -2.14. The molecular weight excluding hydrogens is 254 g/mol. The van der Waals surface area contributed by atoms with Crippen LogP contribution in [0.5, 0.6) is 0 Å². The number of hydrogen-bond donors (Lipinski definition) is 2. The molecule has 0 aliphatic carbocycles. The summed E-state index contributed by atoms with van der Waals surface area (Å²) in [6.07, 6.45) is 0. The first kappa shape index (κ1) is 12.9. The molecule has 2 heterocycles. The van der Waals surface area contributed by atoms with E-state index in [9.17, 15) is 4.79 Å². The van der Waals surface area contributed by atoms with Crippen LogP contribution < -0.4 is 10.6 Å². The molecule has 1 aromatic heterocycles. The fraction of sp³-hybridized carbons (Fsp3) is 0.333. The van der Waals surface area contributed by atoms with Gasteiger partial charge in [-0.3, -0.25) is 4.79 Å². The number of rotatable bonds is 3. The second-order valence-corrected chi connectivity index (χ2v) is 5.07. The molecule has 1 aliphatic heterocycles. The van der Waals surface area contributed by atoms with Gasteiger partial charge in [0, 0.05) is 30.8 Å². The molecule has 1 aromatic carbocycles. The largest absolute Gasteiger partial charge is 0.361 e. The first-order valence-electron chi connectivity index (χ1n) is 6.67. The zero-order valence-electron chi connectivity index (χ0n) is 11.6. The number of aromatic nitrogens is 1. The molecule has 0 saturated carbocycles. The van der Waals surface area contributed by atoms with Crippen molar-refractivity contribution >= 4 is 5.91 Å². The number of hydrogen-bond acceptors (Lipinski definition) is 4. The van der Waals surface area contributed by atoms with Crippen LogP contribution in [0.25, 0.3) is 0 Å². The van der Waals surface area contributed by atoms with Gasteiger partial charge in [-0.15, -0.1) is 0 Å². The van der Waals surface area contributed by atoms with Crippen LogP contribution in [0.2, 0.25) is 0 Å². The quantitative estimate of drug-likeness (QED) is 0.893. The van der Waals surface area contributed by atoms with E-state index in [2.05, 4.69) is 15.8 Å². The number of fused-ring (bicyclic) bond motifs is 1. The summed E-state index contributed by atoms with van der Waals surface area (Å²) in [5.74, 6) is 0.681. The van der Waals surface area contributed by atoms with Gasteiger partial charge in [-0.25, -0.2) is 0 Å². The van der Waals surface area contributed by atoms with Crippen molar-refractivity contribution in [3.05, 3.63) is 51.9 Å². The number of carbonyl (C=O) groups is 1. The maximum atomic E-state index is 12.2. The zero-order valence-corrected chi connectivity index (χ0v) is 11.6. The summed E-state index contributed by atoms with van der Waals surface area (Å²) in [6.45, 7) is 5.88. The Morgan fingerprint density at radius 1 is 1.35 bits per heavy atom. The van der Waals surface area contributed by atoms with E-state index in [1.165, 1.54) is 11.1 Å². The van der Waals surface area contributed by atoms with Gasteiger partial charge >= 0.3 is 0 Å². The minimum absolute atomic E-state index is 0.0697. The number of nitrogens with zero attached hydrogens (tertiary/aromatic N) is 1. The molecule has 5 nitrogen and oxygen atoms in total. The molecule has 0 unspecified atom stereocenters. The Morgan fingerprint density at radius 3 is 2.90 bits per heavy atom. The average molecular weight is 271 g/mol. The second-order valence-electron chi connectivity index (χ2n) is 5.07. The molecular formula is C15H17N3O2. The van der Waals surface area contributed by atoms with Gasteiger partial charge in [-0.1, -0.05) is 11.2 Å².